The van der Waals surface area contributed by atoms with E-state index in [4.69, 9.17) is 5.11 Å². The zero-order valence-corrected chi connectivity index (χ0v) is 8.03. The summed E-state index contributed by atoms with van der Waals surface area (Å²) in [4.78, 5) is 10.6. The van der Waals surface area contributed by atoms with E-state index >= 15 is 0 Å². The van der Waals surface area contributed by atoms with Gasteiger partial charge < -0.3 is 15.5 Å². The second-order valence-corrected chi connectivity index (χ2v) is 2.79. The monoisotopic (exact) mass is 187 g/mol. The number of carbonyl (C=O) groups is 1. The van der Waals surface area contributed by atoms with Crippen LogP contribution in [-0.2, 0) is 4.79 Å². The topological polar surface area (TPSA) is 69.6 Å². The zero-order chi connectivity index (χ0) is 10.3. The Kier molecular flexibility index (Phi) is 6.18. The van der Waals surface area contributed by atoms with E-state index in [1.54, 1.807) is 6.08 Å². The molecule has 0 aliphatic carbocycles. The minimum absolute atomic E-state index is 0.367. The number of allylic oxidation sites excluding steroid dienone is 1. The lowest BCUT2D eigenvalue weighted by Gasteiger charge is -2.16. The van der Waals surface area contributed by atoms with Gasteiger partial charge >= 0.3 is 5.97 Å². The molecule has 0 fully saturated rings. The van der Waals surface area contributed by atoms with Crippen molar-refractivity contribution in [3.63, 3.8) is 0 Å². The smallest absolute Gasteiger partial charge is 0.323 e. The Bertz CT molecular complexity index is 180. The highest BCUT2D eigenvalue weighted by atomic mass is 16.4. The highest BCUT2D eigenvalue weighted by Gasteiger charge is 2.22. The molecule has 4 nitrogen and oxygen atoms in total. The number of rotatable bonds is 6. The van der Waals surface area contributed by atoms with Crippen LogP contribution in [-0.4, -0.2) is 35.4 Å². The summed E-state index contributed by atoms with van der Waals surface area (Å²) in [6.45, 7) is 1.98. The summed E-state index contributed by atoms with van der Waals surface area (Å²) >= 11 is 0. The minimum atomic E-state index is -1.03. The minimum Gasteiger partial charge on any atom is -0.480 e. The normalized spacial score (nSPS) is 15.9. The van der Waals surface area contributed by atoms with Crippen LogP contribution in [0.15, 0.2) is 12.2 Å². The molecule has 13 heavy (non-hydrogen) atoms. The van der Waals surface area contributed by atoms with Gasteiger partial charge in [-0.05, 0) is 19.9 Å². The Labute approximate surface area is 78.3 Å². The van der Waals surface area contributed by atoms with Crippen LogP contribution < -0.4 is 5.32 Å². The molecule has 0 amide bonds. The Balaban J connectivity index is 3.98. The second kappa shape index (κ2) is 6.62. The fraction of sp³-hybridized carbons (Fsp3) is 0.667. The Morgan fingerprint density at radius 3 is 2.54 bits per heavy atom. The van der Waals surface area contributed by atoms with Crippen LogP contribution in [0.5, 0.6) is 0 Å². The molecule has 0 spiro atoms. The lowest BCUT2D eigenvalue weighted by atomic mass is 10.1. The van der Waals surface area contributed by atoms with E-state index in [1.165, 1.54) is 7.05 Å². The Morgan fingerprint density at radius 2 is 2.15 bits per heavy atom. The van der Waals surface area contributed by atoms with E-state index in [0.717, 1.165) is 6.42 Å². The highest BCUT2D eigenvalue weighted by Crippen LogP contribution is 2.00. The van der Waals surface area contributed by atoms with Crippen molar-refractivity contribution in [1.29, 1.82) is 0 Å². The quantitative estimate of drug-likeness (QED) is 0.526. The molecule has 0 unspecified atom stereocenters. The number of hydrogen-bond donors (Lipinski definition) is 3. The summed E-state index contributed by atoms with van der Waals surface area (Å²) in [6, 6.07) is -0.887. The lowest BCUT2D eigenvalue weighted by molar-refractivity contribution is -0.142. The van der Waals surface area contributed by atoms with E-state index in [9.17, 15) is 9.90 Å². The van der Waals surface area contributed by atoms with Gasteiger partial charge in [-0.3, -0.25) is 4.79 Å². The summed E-state index contributed by atoms with van der Waals surface area (Å²) in [5, 5.41) is 20.6. The fourth-order valence-electron chi connectivity index (χ4n) is 1.02. The third kappa shape index (κ3) is 4.65. The van der Waals surface area contributed by atoms with Gasteiger partial charge in [0.2, 0.25) is 0 Å². The van der Waals surface area contributed by atoms with Gasteiger partial charge in [-0.2, -0.15) is 0 Å². The first-order valence-corrected chi connectivity index (χ1v) is 4.36. The summed E-state index contributed by atoms with van der Waals surface area (Å²) in [6.07, 6.45) is 4.08. The number of nitrogens with one attached hydrogen (secondary N) is 1. The van der Waals surface area contributed by atoms with E-state index in [0.29, 0.717) is 6.42 Å². The van der Waals surface area contributed by atoms with Crippen molar-refractivity contribution >= 4 is 5.97 Å². The molecule has 0 aromatic rings. The molecule has 0 saturated heterocycles. The van der Waals surface area contributed by atoms with Gasteiger partial charge in [0.1, 0.15) is 6.04 Å². The average molecular weight is 187 g/mol. The van der Waals surface area contributed by atoms with Gasteiger partial charge in [-0.15, -0.1) is 0 Å². The molecule has 4 heteroatoms. The van der Waals surface area contributed by atoms with Crippen LogP contribution in [0.25, 0.3) is 0 Å². The van der Waals surface area contributed by atoms with Crippen molar-refractivity contribution in [3.8, 4) is 0 Å². The molecular weight excluding hydrogens is 170 g/mol. The van der Waals surface area contributed by atoms with E-state index in [1.807, 2.05) is 13.0 Å². The number of likely N-dealkylation sites (N-methyl/N-ethyl adjacent to an activating group) is 1. The molecule has 0 bridgehead atoms. The predicted octanol–water partition coefficient (Wildman–Crippen LogP) is 0.376. The van der Waals surface area contributed by atoms with Crippen LogP contribution in [0.1, 0.15) is 19.8 Å². The third-order valence-corrected chi connectivity index (χ3v) is 1.74. The first kappa shape index (κ1) is 12.1. The van der Waals surface area contributed by atoms with Crippen LogP contribution in [0, 0.1) is 0 Å². The van der Waals surface area contributed by atoms with Crippen molar-refractivity contribution in [2.24, 2.45) is 0 Å². The Hall–Kier alpha value is -0.870. The largest absolute Gasteiger partial charge is 0.480 e. The zero-order valence-electron chi connectivity index (χ0n) is 8.03. The van der Waals surface area contributed by atoms with Crippen LogP contribution in [0.2, 0.25) is 0 Å². The van der Waals surface area contributed by atoms with Crippen molar-refractivity contribution in [3.05, 3.63) is 12.2 Å². The molecule has 0 radical (unpaired) electrons. The molecule has 76 valence electrons. The van der Waals surface area contributed by atoms with E-state index in [2.05, 4.69) is 5.32 Å². The molecule has 0 heterocycles. The maximum Gasteiger partial charge on any atom is 0.323 e. The highest BCUT2D eigenvalue weighted by molar-refractivity contribution is 5.74. The van der Waals surface area contributed by atoms with Gasteiger partial charge in [-0.1, -0.05) is 19.1 Å². The summed E-state index contributed by atoms with van der Waals surface area (Å²) < 4.78 is 0. The number of carboxylic acids is 1. The first-order chi connectivity index (χ1) is 6.13. The molecule has 2 atom stereocenters. The number of aliphatic carboxylic acids is 1. The molecule has 3 N–H and O–H groups in total. The molecular formula is C9H17NO3. The molecule has 0 aliphatic heterocycles. The van der Waals surface area contributed by atoms with Crippen molar-refractivity contribution in [2.45, 2.75) is 31.9 Å². The third-order valence-electron chi connectivity index (χ3n) is 1.74. The van der Waals surface area contributed by atoms with Crippen molar-refractivity contribution in [1.82, 2.24) is 5.32 Å². The van der Waals surface area contributed by atoms with E-state index in [-0.39, 0.29) is 0 Å². The molecule has 0 aromatic carbocycles. The fourth-order valence-corrected chi connectivity index (χ4v) is 1.02. The van der Waals surface area contributed by atoms with Gasteiger partial charge in [0.15, 0.2) is 0 Å². The van der Waals surface area contributed by atoms with Crippen LogP contribution in [0.3, 0.4) is 0 Å². The molecule has 0 saturated carbocycles. The average Bonchev–Trinajstić information content (AvgIpc) is 2.05. The molecule has 0 rings (SSSR count). The van der Waals surface area contributed by atoms with Crippen LogP contribution >= 0.6 is 0 Å². The summed E-state index contributed by atoms with van der Waals surface area (Å²) in [7, 11) is 1.52. The van der Waals surface area contributed by atoms with Crippen molar-refractivity contribution in [2.75, 3.05) is 7.05 Å². The SMILES string of the molecule is CCC=CC[C@@H](O)[C@H](NC)C(=O)O. The number of aliphatic hydroxyl groups excluding tert-OH is 1. The maximum atomic E-state index is 10.6. The number of carboxylic acid groups (broad SMARTS) is 1. The van der Waals surface area contributed by atoms with Crippen LogP contribution in [0.4, 0.5) is 0 Å². The maximum absolute atomic E-state index is 10.6. The Morgan fingerprint density at radius 1 is 1.54 bits per heavy atom. The van der Waals surface area contributed by atoms with Gasteiger partial charge in [-0.25, -0.2) is 0 Å². The predicted molar refractivity (Wildman–Crippen MR) is 50.5 cm³/mol. The summed E-state index contributed by atoms with van der Waals surface area (Å²) in [5.74, 6) is -1.03. The van der Waals surface area contributed by atoms with Gasteiger partial charge in [0.25, 0.3) is 0 Å². The second-order valence-electron chi connectivity index (χ2n) is 2.79. The first-order valence-electron chi connectivity index (χ1n) is 4.36. The van der Waals surface area contributed by atoms with Gasteiger partial charge in [0.05, 0.1) is 6.10 Å². The standard InChI is InChI=1S/C9H17NO3/c1-3-4-5-6-7(11)8(10-2)9(12)13/h4-5,7-8,10-11H,3,6H2,1-2H3,(H,12,13)/t7-,8+/m1/s1. The summed E-state index contributed by atoms with van der Waals surface area (Å²) in [5.41, 5.74) is 0. The van der Waals surface area contributed by atoms with Gasteiger partial charge in [0, 0.05) is 0 Å². The molecule has 0 aliphatic rings. The number of aliphatic hydroxyl groups is 1. The lowest BCUT2D eigenvalue weighted by Crippen LogP contribution is -2.43. The number of hydrogen-bond acceptors (Lipinski definition) is 3. The molecule has 0 aromatic heterocycles. The van der Waals surface area contributed by atoms with Crippen molar-refractivity contribution < 1.29 is 15.0 Å². The van der Waals surface area contributed by atoms with E-state index < -0.39 is 18.1 Å².